The lowest BCUT2D eigenvalue weighted by Crippen LogP contribution is -2.48. The molecule has 0 spiro atoms. The second-order valence-electron chi connectivity index (χ2n) is 10.0. The van der Waals surface area contributed by atoms with E-state index in [0.717, 1.165) is 43.8 Å². The van der Waals surface area contributed by atoms with Gasteiger partial charge in [0, 0.05) is 30.4 Å². The molecule has 1 aliphatic heterocycles. The van der Waals surface area contributed by atoms with Crippen LogP contribution >= 0.6 is 0 Å². The van der Waals surface area contributed by atoms with Crippen molar-refractivity contribution < 1.29 is 30.8 Å². The van der Waals surface area contributed by atoms with Crippen LogP contribution in [0.15, 0.2) is 47.6 Å². The van der Waals surface area contributed by atoms with E-state index >= 15 is 0 Å². The molecule has 3 aliphatic rings. The Morgan fingerprint density at radius 1 is 1.08 bits per heavy atom. The topological polar surface area (TPSA) is 118 Å². The number of nitrogens with one attached hydrogen (secondary N) is 1. The number of hydrogen-bond acceptors (Lipinski definition) is 7. The number of aromatic nitrogens is 4. The molecule has 2 aromatic heterocycles. The minimum absolute atomic E-state index is 0.0338. The molecule has 0 unspecified atom stereocenters. The van der Waals surface area contributed by atoms with Crippen molar-refractivity contribution in [3.8, 4) is 11.3 Å². The summed E-state index contributed by atoms with van der Waals surface area (Å²) < 4.78 is 79.6. The predicted molar refractivity (Wildman–Crippen MR) is 128 cm³/mol. The van der Waals surface area contributed by atoms with Gasteiger partial charge in [-0.1, -0.05) is 0 Å². The molecule has 2 aliphatic carbocycles. The maximum Gasteiger partial charge on any atom is 0.451 e. The van der Waals surface area contributed by atoms with Gasteiger partial charge < -0.3 is 5.32 Å². The number of sulfonamides is 1. The second-order valence-corrected chi connectivity index (χ2v) is 11.9. The minimum atomic E-state index is -4.67. The molecule has 1 aromatic carbocycles. The fourth-order valence-electron chi connectivity index (χ4n) is 4.91. The van der Waals surface area contributed by atoms with Gasteiger partial charge >= 0.3 is 6.18 Å². The fourth-order valence-corrected chi connectivity index (χ4v) is 6.60. The van der Waals surface area contributed by atoms with Gasteiger partial charge in [-0.05, 0) is 61.4 Å². The highest BCUT2D eigenvalue weighted by Crippen LogP contribution is 2.51. The van der Waals surface area contributed by atoms with Gasteiger partial charge in [0.2, 0.25) is 21.8 Å². The predicted octanol–water partition coefficient (Wildman–Crippen LogP) is 3.29. The number of fused-ring (bicyclic) bond motifs is 1. The van der Waals surface area contributed by atoms with E-state index in [1.807, 2.05) is 0 Å². The molecular weight excluding hydrogens is 540 g/mol. The molecule has 39 heavy (non-hydrogen) atoms. The standard InChI is InChI=1S/C25H22F4N6O3S/c26-16-3-5-18(6-4-16)39(37,38)35-12-14-7-19(14)21(35)23(36)30-11-17-8-20(34-22(33-17)13-1-2-13)15-9-31-24(32-10-15)25(27,28)29/h3-6,8-10,13-14,19,21H,1-2,7,11-12H2,(H,30,36)/t14-,19-,21-/m0/s1. The molecule has 9 nitrogen and oxygen atoms in total. The molecule has 6 rings (SSSR count). The van der Waals surface area contributed by atoms with Gasteiger partial charge in [-0.3, -0.25) is 4.79 Å². The van der Waals surface area contributed by atoms with E-state index in [-0.39, 0.29) is 41.3 Å². The van der Waals surface area contributed by atoms with Crippen LogP contribution < -0.4 is 5.32 Å². The van der Waals surface area contributed by atoms with Gasteiger partial charge in [0.15, 0.2) is 0 Å². The van der Waals surface area contributed by atoms with Crippen LogP contribution in [0.5, 0.6) is 0 Å². The Morgan fingerprint density at radius 3 is 2.41 bits per heavy atom. The number of halogens is 4. The Bertz CT molecular complexity index is 1530. The van der Waals surface area contributed by atoms with E-state index in [2.05, 4.69) is 25.3 Å². The first-order chi connectivity index (χ1) is 18.5. The monoisotopic (exact) mass is 562 g/mol. The zero-order valence-corrected chi connectivity index (χ0v) is 21.1. The van der Waals surface area contributed by atoms with E-state index in [1.165, 1.54) is 16.4 Å². The summed E-state index contributed by atoms with van der Waals surface area (Å²) in [5, 5.41) is 2.78. The number of alkyl halides is 3. The zero-order valence-electron chi connectivity index (χ0n) is 20.3. The summed E-state index contributed by atoms with van der Waals surface area (Å²) >= 11 is 0. The molecule has 3 atom stereocenters. The van der Waals surface area contributed by atoms with Crippen LogP contribution in [-0.4, -0.2) is 51.2 Å². The van der Waals surface area contributed by atoms with Gasteiger partial charge in [0.05, 0.1) is 22.8 Å². The summed E-state index contributed by atoms with van der Waals surface area (Å²) in [6.45, 7) is 0.174. The Labute approximate surface area is 220 Å². The Hall–Kier alpha value is -3.52. The van der Waals surface area contributed by atoms with Crippen LogP contribution in [0, 0.1) is 17.7 Å². The van der Waals surface area contributed by atoms with Crippen molar-refractivity contribution in [3.05, 3.63) is 65.9 Å². The maximum atomic E-state index is 13.3. The van der Waals surface area contributed by atoms with Crippen molar-refractivity contribution in [2.75, 3.05) is 6.54 Å². The van der Waals surface area contributed by atoms with E-state index in [4.69, 9.17) is 0 Å². The molecule has 2 saturated carbocycles. The highest BCUT2D eigenvalue weighted by Gasteiger charge is 2.58. The number of carbonyl (C=O) groups excluding carboxylic acids is 1. The van der Waals surface area contributed by atoms with E-state index in [9.17, 15) is 30.8 Å². The fraction of sp³-hybridized carbons (Fsp3) is 0.400. The van der Waals surface area contributed by atoms with Crippen molar-refractivity contribution in [1.29, 1.82) is 0 Å². The third-order valence-corrected chi connectivity index (χ3v) is 9.04. The molecular formula is C25H22F4N6O3S. The molecule has 204 valence electrons. The number of carbonyl (C=O) groups is 1. The SMILES string of the molecule is O=C(NCc1cc(-c2cnc(C(F)(F)F)nc2)nc(C2CC2)n1)[C@@H]1[C@H]2C[C@H]2CN1S(=O)(=O)c1ccc(F)cc1. The number of hydrogen-bond donors (Lipinski definition) is 1. The largest absolute Gasteiger partial charge is 0.451 e. The number of nitrogens with zero attached hydrogens (tertiary/aromatic N) is 5. The van der Waals surface area contributed by atoms with Gasteiger partial charge in [0.1, 0.15) is 17.7 Å². The quantitative estimate of drug-likeness (QED) is 0.439. The first kappa shape index (κ1) is 25.7. The molecule has 1 amide bonds. The van der Waals surface area contributed by atoms with Gasteiger partial charge in [-0.25, -0.2) is 32.7 Å². The lowest BCUT2D eigenvalue weighted by molar-refractivity contribution is -0.145. The van der Waals surface area contributed by atoms with Crippen molar-refractivity contribution >= 4 is 15.9 Å². The second kappa shape index (κ2) is 9.30. The molecule has 3 heterocycles. The summed E-state index contributed by atoms with van der Waals surface area (Å²) in [4.78, 5) is 29.0. The van der Waals surface area contributed by atoms with Crippen LogP contribution in [0.2, 0.25) is 0 Å². The molecule has 0 radical (unpaired) electrons. The average molecular weight is 563 g/mol. The maximum absolute atomic E-state index is 13.3. The smallest absolute Gasteiger partial charge is 0.349 e. The van der Waals surface area contributed by atoms with Crippen LogP contribution in [-0.2, 0) is 27.5 Å². The minimum Gasteiger partial charge on any atom is -0.349 e. The lowest BCUT2D eigenvalue weighted by Gasteiger charge is -2.26. The lowest BCUT2D eigenvalue weighted by atomic mass is 10.1. The van der Waals surface area contributed by atoms with Crippen LogP contribution in [0.3, 0.4) is 0 Å². The summed E-state index contributed by atoms with van der Waals surface area (Å²) in [6.07, 6.45) is -0.0921. The number of benzene rings is 1. The van der Waals surface area contributed by atoms with Crippen molar-refractivity contribution in [1.82, 2.24) is 29.6 Å². The molecule has 1 N–H and O–H groups in total. The third kappa shape index (κ3) is 5.10. The van der Waals surface area contributed by atoms with E-state index < -0.39 is 39.8 Å². The normalized spacial score (nSPS) is 22.9. The first-order valence-corrected chi connectivity index (χ1v) is 13.8. The van der Waals surface area contributed by atoms with Crippen molar-refractivity contribution in [2.24, 2.45) is 11.8 Å². The van der Waals surface area contributed by atoms with Gasteiger partial charge in [-0.2, -0.15) is 17.5 Å². The number of piperidine rings is 1. The van der Waals surface area contributed by atoms with Crippen LogP contribution in [0.4, 0.5) is 17.6 Å². The van der Waals surface area contributed by atoms with Crippen molar-refractivity contribution in [2.45, 2.75) is 48.8 Å². The summed E-state index contributed by atoms with van der Waals surface area (Å²) in [7, 11) is -4.02. The summed E-state index contributed by atoms with van der Waals surface area (Å²) in [5.74, 6) is -1.68. The van der Waals surface area contributed by atoms with Crippen LogP contribution in [0.25, 0.3) is 11.3 Å². The first-order valence-electron chi connectivity index (χ1n) is 12.3. The van der Waals surface area contributed by atoms with E-state index in [0.29, 0.717) is 17.2 Å². The Kier molecular flexibility index (Phi) is 6.14. The van der Waals surface area contributed by atoms with Gasteiger partial charge in [0.25, 0.3) is 0 Å². The van der Waals surface area contributed by atoms with Crippen molar-refractivity contribution in [3.63, 3.8) is 0 Å². The zero-order chi connectivity index (χ0) is 27.5. The molecule has 0 bridgehead atoms. The molecule has 1 saturated heterocycles. The summed E-state index contributed by atoms with van der Waals surface area (Å²) in [5.41, 5.74) is 1.02. The highest BCUT2D eigenvalue weighted by atomic mass is 32.2. The average Bonchev–Trinajstić information content (AvgIpc) is 3.84. The number of rotatable bonds is 7. The molecule has 3 aromatic rings. The summed E-state index contributed by atoms with van der Waals surface area (Å²) in [6, 6.07) is 5.11. The number of amides is 1. The molecule has 3 fully saturated rings. The van der Waals surface area contributed by atoms with E-state index in [1.54, 1.807) is 6.07 Å². The molecule has 14 heteroatoms. The Morgan fingerprint density at radius 2 is 1.77 bits per heavy atom. The third-order valence-electron chi connectivity index (χ3n) is 7.18. The Balaban J connectivity index is 1.21. The highest BCUT2D eigenvalue weighted by molar-refractivity contribution is 7.89. The van der Waals surface area contributed by atoms with Crippen LogP contribution in [0.1, 0.15) is 42.5 Å². The van der Waals surface area contributed by atoms with Gasteiger partial charge in [-0.15, -0.1) is 0 Å².